The lowest BCUT2D eigenvalue weighted by atomic mass is 10.3. The van der Waals surface area contributed by atoms with Crippen LogP contribution in [0.4, 0.5) is 0 Å². The minimum Gasteiger partial charge on any atom is -0.480 e. The highest BCUT2D eigenvalue weighted by atomic mass is 32.2. The molecular formula is C18H21N3O3S. The van der Waals surface area contributed by atoms with Crippen molar-refractivity contribution >= 4 is 17.7 Å². The van der Waals surface area contributed by atoms with E-state index in [0.29, 0.717) is 24.7 Å². The third kappa shape index (κ3) is 5.09. The third-order valence-electron chi connectivity index (χ3n) is 3.91. The van der Waals surface area contributed by atoms with Crippen LogP contribution in [0.1, 0.15) is 12.8 Å². The molecule has 0 bridgehead atoms. The minimum absolute atomic E-state index is 0.0490. The smallest absolute Gasteiger partial charge is 0.235 e. The van der Waals surface area contributed by atoms with Crippen molar-refractivity contribution in [3.8, 4) is 11.8 Å². The number of ether oxygens (including phenoxy) is 2. The molecule has 0 spiro atoms. The van der Waals surface area contributed by atoms with Gasteiger partial charge >= 0.3 is 0 Å². The number of likely N-dealkylation sites (tertiary alicyclic amines) is 1. The normalized spacial score (nSPS) is 16.7. The highest BCUT2D eigenvalue weighted by Gasteiger charge is 2.27. The van der Waals surface area contributed by atoms with E-state index in [1.165, 1.54) is 18.2 Å². The highest BCUT2D eigenvalue weighted by Crippen LogP contribution is 2.21. The average Bonchev–Trinajstić information content (AvgIpc) is 3.11. The molecule has 1 aromatic carbocycles. The largest absolute Gasteiger partial charge is 0.480 e. The number of hydrogen-bond acceptors (Lipinski definition) is 6. The summed E-state index contributed by atoms with van der Waals surface area (Å²) in [5.41, 5.74) is 0. The quantitative estimate of drug-likeness (QED) is 0.708. The number of amides is 1. The topological polar surface area (TPSA) is 64.6 Å². The van der Waals surface area contributed by atoms with Crippen molar-refractivity contribution in [2.75, 3.05) is 26.0 Å². The van der Waals surface area contributed by atoms with E-state index in [2.05, 4.69) is 22.1 Å². The second-order valence-corrected chi connectivity index (χ2v) is 6.85. The molecule has 1 fully saturated rings. The van der Waals surface area contributed by atoms with E-state index in [9.17, 15) is 4.79 Å². The van der Waals surface area contributed by atoms with Crippen LogP contribution in [0, 0.1) is 0 Å². The number of hydrogen-bond donors (Lipinski definition) is 0. The maximum atomic E-state index is 12.3. The molecule has 2 aromatic rings. The number of methoxy groups -OCH3 is 1. The molecule has 1 aliphatic heterocycles. The second kappa shape index (κ2) is 8.71. The molecule has 1 atom stereocenters. The maximum absolute atomic E-state index is 12.3. The van der Waals surface area contributed by atoms with Crippen LogP contribution in [0.3, 0.4) is 0 Å². The molecule has 0 radical (unpaired) electrons. The molecule has 6 nitrogen and oxygen atoms in total. The molecule has 1 aromatic heterocycles. The Kier molecular flexibility index (Phi) is 6.11. The number of carbonyl (C=O) groups excluding carboxylic acids is 1. The Labute approximate surface area is 151 Å². The first kappa shape index (κ1) is 17.5. The molecule has 7 heteroatoms. The van der Waals surface area contributed by atoms with Crippen molar-refractivity contribution in [2.45, 2.75) is 23.8 Å². The SMILES string of the molecule is COc1cncc(OC2CCN(C(=O)CCSc3ccccc3)C2)n1. The molecule has 1 aliphatic rings. The zero-order chi connectivity index (χ0) is 17.5. The zero-order valence-corrected chi connectivity index (χ0v) is 14.9. The van der Waals surface area contributed by atoms with Crippen LogP contribution >= 0.6 is 11.8 Å². The van der Waals surface area contributed by atoms with Crippen LogP contribution in [0.25, 0.3) is 0 Å². The van der Waals surface area contributed by atoms with Gasteiger partial charge in [0.25, 0.3) is 0 Å². The molecule has 132 valence electrons. The maximum Gasteiger partial charge on any atom is 0.235 e. The van der Waals surface area contributed by atoms with Crippen molar-refractivity contribution in [3.05, 3.63) is 42.7 Å². The molecule has 1 amide bonds. The van der Waals surface area contributed by atoms with E-state index in [1.807, 2.05) is 23.1 Å². The third-order valence-corrected chi connectivity index (χ3v) is 4.93. The molecule has 2 heterocycles. The number of thioether (sulfide) groups is 1. The van der Waals surface area contributed by atoms with Gasteiger partial charge < -0.3 is 14.4 Å². The molecular weight excluding hydrogens is 338 g/mol. The fourth-order valence-corrected chi connectivity index (χ4v) is 3.50. The summed E-state index contributed by atoms with van der Waals surface area (Å²) in [4.78, 5) is 23.6. The predicted octanol–water partition coefficient (Wildman–Crippen LogP) is 2.65. The second-order valence-electron chi connectivity index (χ2n) is 5.68. The van der Waals surface area contributed by atoms with Crippen LogP contribution in [-0.2, 0) is 4.79 Å². The molecule has 0 N–H and O–H groups in total. The molecule has 1 saturated heterocycles. The van der Waals surface area contributed by atoms with E-state index in [4.69, 9.17) is 9.47 Å². The lowest BCUT2D eigenvalue weighted by Crippen LogP contribution is -2.31. The Balaban J connectivity index is 1.43. The monoisotopic (exact) mass is 359 g/mol. The van der Waals surface area contributed by atoms with E-state index < -0.39 is 0 Å². The van der Waals surface area contributed by atoms with Crippen molar-refractivity contribution in [1.29, 1.82) is 0 Å². The molecule has 25 heavy (non-hydrogen) atoms. The van der Waals surface area contributed by atoms with Crippen LogP contribution in [0.5, 0.6) is 11.8 Å². The van der Waals surface area contributed by atoms with Gasteiger partial charge in [-0.2, -0.15) is 4.98 Å². The first-order valence-electron chi connectivity index (χ1n) is 8.23. The van der Waals surface area contributed by atoms with Crippen molar-refractivity contribution < 1.29 is 14.3 Å². The summed E-state index contributed by atoms with van der Waals surface area (Å²) in [5, 5.41) is 0. The van der Waals surface area contributed by atoms with Crippen molar-refractivity contribution in [2.24, 2.45) is 0 Å². The molecule has 1 unspecified atom stereocenters. The number of nitrogens with zero attached hydrogens (tertiary/aromatic N) is 3. The van der Waals surface area contributed by atoms with Gasteiger partial charge in [0.05, 0.1) is 26.0 Å². The minimum atomic E-state index is -0.0490. The summed E-state index contributed by atoms with van der Waals surface area (Å²) in [6, 6.07) is 10.1. The summed E-state index contributed by atoms with van der Waals surface area (Å²) in [5.74, 6) is 1.80. The highest BCUT2D eigenvalue weighted by molar-refractivity contribution is 7.99. The fraction of sp³-hybridized carbons (Fsp3) is 0.389. The van der Waals surface area contributed by atoms with Gasteiger partial charge in [-0.1, -0.05) is 18.2 Å². The summed E-state index contributed by atoms with van der Waals surface area (Å²) < 4.78 is 10.9. The van der Waals surface area contributed by atoms with Crippen molar-refractivity contribution in [3.63, 3.8) is 0 Å². The first-order valence-corrected chi connectivity index (χ1v) is 9.21. The van der Waals surface area contributed by atoms with Gasteiger partial charge in [0.15, 0.2) is 0 Å². The Morgan fingerprint density at radius 2 is 2.08 bits per heavy atom. The van der Waals surface area contributed by atoms with Gasteiger partial charge in [0.2, 0.25) is 17.7 Å². The van der Waals surface area contributed by atoms with Crippen LogP contribution < -0.4 is 9.47 Å². The van der Waals surface area contributed by atoms with Gasteiger partial charge in [-0.3, -0.25) is 9.78 Å². The average molecular weight is 359 g/mol. The zero-order valence-electron chi connectivity index (χ0n) is 14.1. The van der Waals surface area contributed by atoms with Crippen molar-refractivity contribution in [1.82, 2.24) is 14.9 Å². The Bertz CT molecular complexity index is 699. The van der Waals surface area contributed by atoms with Crippen LogP contribution in [-0.4, -0.2) is 52.8 Å². The Hall–Kier alpha value is -2.28. The molecule has 0 aliphatic carbocycles. The molecule has 3 rings (SSSR count). The van der Waals surface area contributed by atoms with Gasteiger partial charge in [-0.15, -0.1) is 11.8 Å². The van der Waals surface area contributed by atoms with E-state index >= 15 is 0 Å². The standard InChI is InChI=1S/C18H21N3O3S/c1-23-16-11-19-12-17(20-16)24-14-7-9-21(13-14)18(22)8-10-25-15-5-3-2-4-6-15/h2-6,11-12,14H,7-10,13H2,1H3. The lowest BCUT2D eigenvalue weighted by molar-refractivity contribution is -0.129. The number of carbonyl (C=O) groups is 1. The molecule has 0 saturated carbocycles. The van der Waals surface area contributed by atoms with E-state index in [0.717, 1.165) is 18.7 Å². The number of rotatable bonds is 7. The van der Waals surface area contributed by atoms with E-state index in [1.54, 1.807) is 18.0 Å². The number of aromatic nitrogens is 2. The fourth-order valence-electron chi connectivity index (χ4n) is 2.64. The Morgan fingerprint density at radius 1 is 1.28 bits per heavy atom. The van der Waals surface area contributed by atoms with Gasteiger partial charge in [-0.05, 0) is 12.1 Å². The number of benzene rings is 1. The predicted molar refractivity (Wildman–Crippen MR) is 96.0 cm³/mol. The van der Waals surface area contributed by atoms with Gasteiger partial charge in [0.1, 0.15) is 6.10 Å². The first-order chi connectivity index (χ1) is 12.2. The van der Waals surface area contributed by atoms with Gasteiger partial charge in [-0.25, -0.2) is 0 Å². The van der Waals surface area contributed by atoms with E-state index in [-0.39, 0.29) is 12.0 Å². The summed E-state index contributed by atoms with van der Waals surface area (Å²) in [7, 11) is 1.54. The summed E-state index contributed by atoms with van der Waals surface area (Å²) in [6.45, 7) is 1.31. The Morgan fingerprint density at radius 3 is 2.88 bits per heavy atom. The van der Waals surface area contributed by atoms with Crippen LogP contribution in [0.2, 0.25) is 0 Å². The summed E-state index contributed by atoms with van der Waals surface area (Å²) >= 11 is 1.70. The van der Waals surface area contributed by atoms with Gasteiger partial charge in [0, 0.05) is 30.0 Å². The summed E-state index contributed by atoms with van der Waals surface area (Å²) in [6.07, 6.45) is 4.37. The lowest BCUT2D eigenvalue weighted by Gasteiger charge is -2.17. The van der Waals surface area contributed by atoms with Crippen LogP contribution in [0.15, 0.2) is 47.6 Å².